The van der Waals surface area contributed by atoms with Crippen molar-refractivity contribution in [2.45, 2.75) is 62.6 Å². The van der Waals surface area contributed by atoms with Crippen LogP contribution in [-0.2, 0) is 26.2 Å². The summed E-state index contributed by atoms with van der Waals surface area (Å²) in [5.74, 6) is -0.891. The number of nitrogens with zero attached hydrogens (tertiary/aromatic N) is 2. The molecule has 3 aromatic rings. The number of halogens is 3. The van der Waals surface area contributed by atoms with Crippen molar-refractivity contribution in [1.29, 1.82) is 0 Å². The van der Waals surface area contributed by atoms with Gasteiger partial charge < -0.3 is 10.2 Å². The lowest BCUT2D eigenvalue weighted by molar-refractivity contribution is -0.139. The first-order valence-corrected chi connectivity index (χ1v) is 16.0. The van der Waals surface area contributed by atoms with Gasteiger partial charge in [-0.2, -0.15) is 0 Å². The van der Waals surface area contributed by atoms with E-state index in [1.165, 1.54) is 29.2 Å². The molecule has 1 aliphatic carbocycles. The average Bonchev–Trinajstić information content (AvgIpc) is 2.97. The highest BCUT2D eigenvalue weighted by Gasteiger charge is 2.34. The van der Waals surface area contributed by atoms with Crippen LogP contribution in [0.4, 0.5) is 5.69 Å². The predicted molar refractivity (Wildman–Crippen MR) is 164 cm³/mol. The van der Waals surface area contributed by atoms with E-state index >= 15 is 0 Å². The number of sulfonamides is 1. The largest absolute Gasteiger partial charge is 0.352 e. The van der Waals surface area contributed by atoms with E-state index in [-0.39, 0.29) is 39.1 Å². The van der Waals surface area contributed by atoms with Crippen molar-refractivity contribution >= 4 is 62.3 Å². The Morgan fingerprint density at radius 3 is 2.29 bits per heavy atom. The molecule has 0 heterocycles. The number of nitrogens with one attached hydrogen (secondary N) is 1. The summed E-state index contributed by atoms with van der Waals surface area (Å²) in [7, 11) is -4.25. The van der Waals surface area contributed by atoms with E-state index < -0.39 is 28.5 Å². The van der Waals surface area contributed by atoms with Gasteiger partial charge in [-0.3, -0.25) is 13.9 Å². The summed E-state index contributed by atoms with van der Waals surface area (Å²) < 4.78 is 28.7. The third-order valence-electron chi connectivity index (χ3n) is 7.17. The third-order valence-corrected chi connectivity index (χ3v) is 9.99. The third kappa shape index (κ3) is 7.74. The second-order valence-corrected chi connectivity index (χ2v) is 13.2. The molecule has 1 unspecified atom stereocenters. The van der Waals surface area contributed by atoms with Gasteiger partial charge in [0.2, 0.25) is 11.8 Å². The summed E-state index contributed by atoms with van der Waals surface area (Å²) in [5, 5.41) is 3.69. The molecule has 0 radical (unpaired) electrons. The fraction of sp³-hybridized carbons (Fsp3) is 0.333. The molecule has 1 aliphatic rings. The first kappa shape index (κ1) is 31.2. The predicted octanol–water partition coefficient (Wildman–Crippen LogP) is 6.71. The van der Waals surface area contributed by atoms with Crippen LogP contribution >= 0.6 is 34.8 Å². The van der Waals surface area contributed by atoms with E-state index in [4.69, 9.17) is 34.8 Å². The summed E-state index contributed by atoms with van der Waals surface area (Å²) in [6.07, 6.45) is 4.99. The van der Waals surface area contributed by atoms with E-state index in [1.807, 2.05) is 0 Å². The molecule has 0 bridgehead atoms. The fourth-order valence-electron chi connectivity index (χ4n) is 4.90. The molecule has 0 spiro atoms. The molecule has 1 atom stereocenters. The van der Waals surface area contributed by atoms with Gasteiger partial charge in [-0.1, -0.05) is 90.5 Å². The molecule has 7 nitrogen and oxygen atoms in total. The van der Waals surface area contributed by atoms with Gasteiger partial charge in [-0.25, -0.2) is 8.42 Å². The van der Waals surface area contributed by atoms with E-state index in [1.54, 1.807) is 55.5 Å². The molecule has 1 fully saturated rings. The number of benzene rings is 3. The summed E-state index contributed by atoms with van der Waals surface area (Å²) in [4.78, 5) is 28.8. The number of carbonyl (C=O) groups excluding carboxylic acids is 2. The molecule has 41 heavy (non-hydrogen) atoms. The first-order chi connectivity index (χ1) is 19.6. The summed E-state index contributed by atoms with van der Waals surface area (Å²) in [6, 6.07) is 18.5. The summed E-state index contributed by atoms with van der Waals surface area (Å²) >= 11 is 18.9. The lowest BCUT2D eigenvalue weighted by Gasteiger charge is -2.33. The zero-order valence-electron chi connectivity index (χ0n) is 22.6. The lowest BCUT2D eigenvalue weighted by atomic mass is 9.95. The van der Waals surface area contributed by atoms with Crippen molar-refractivity contribution in [1.82, 2.24) is 10.2 Å². The van der Waals surface area contributed by atoms with Crippen LogP contribution in [0.1, 0.15) is 44.6 Å². The van der Waals surface area contributed by atoms with Gasteiger partial charge >= 0.3 is 0 Å². The van der Waals surface area contributed by atoms with Gasteiger partial charge in [0.15, 0.2) is 0 Å². The van der Waals surface area contributed by atoms with Gasteiger partial charge in [0.05, 0.1) is 20.6 Å². The van der Waals surface area contributed by atoms with E-state index in [0.29, 0.717) is 10.6 Å². The van der Waals surface area contributed by atoms with Crippen LogP contribution in [0.3, 0.4) is 0 Å². The minimum Gasteiger partial charge on any atom is -0.352 e. The lowest BCUT2D eigenvalue weighted by Crippen LogP contribution is -2.53. The molecule has 2 amide bonds. The molecular weight excluding hydrogens is 605 g/mol. The number of carbonyl (C=O) groups is 2. The van der Waals surface area contributed by atoms with E-state index in [9.17, 15) is 18.0 Å². The zero-order chi connectivity index (χ0) is 29.6. The highest BCUT2D eigenvalue weighted by atomic mass is 35.5. The average molecular weight is 637 g/mol. The van der Waals surface area contributed by atoms with Crippen molar-refractivity contribution in [3.8, 4) is 0 Å². The quantitative estimate of drug-likeness (QED) is 0.268. The maximum Gasteiger partial charge on any atom is 0.264 e. The van der Waals surface area contributed by atoms with Crippen LogP contribution in [0.25, 0.3) is 0 Å². The Balaban J connectivity index is 1.70. The molecule has 11 heteroatoms. The molecule has 0 saturated heterocycles. The minimum atomic E-state index is -4.25. The first-order valence-electron chi connectivity index (χ1n) is 13.4. The van der Waals surface area contributed by atoms with E-state index in [2.05, 4.69) is 5.32 Å². The van der Waals surface area contributed by atoms with Crippen LogP contribution in [-0.4, -0.2) is 43.8 Å². The number of anilines is 1. The Kier molecular flexibility index (Phi) is 10.6. The summed E-state index contributed by atoms with van der Waals surface area (Å²) in [5.41, 5.74) is 0.750. The standard InChI is InChI=1S/C30H32Cl3N3O4S/c1-21(30(38)34-24-12-4-2-5-13-24)35(19-22-10-8-11-23(31)18-22)28(37)20-36(27-17-9-16-26(32)29(27)33)41(39,40)25-14-6-3-7-15-25/h3,6-11,14-18,21,24H,2,4-5,12-13,19-20H2,1H3,(H,34,38). The van der Waals surface area contributed by atoms with Gasteiger partial charge in [0.25, 0.3) is 10.0 Å². The van der Waals surface area contributed by atoms with Gasteiger partial charge in [-0.15, -0.1) is 0 Å². The summed E-state index contributed by atoms with van der Waals surface area (Å²) in [6.45, 7) is 1.07. The molecular formula is C30H32Cl3N3O4S. The Morgan fingerprint density at radius 1 is 0.927 bits per heavy atom. The van der Waals surface area contributed by atoms with Crippen molar-refractivity contribution < 1.29 is 18.0 Å². The number of hydrogen-bond acceptors (Lipinski definition) is 4. The maximum absolute atomic E-state index is 14.1. The zero-order valence-corrected chi connectivity index (χ0v) is 25.7. The fourth-order valence-corrected chi connectivity index (χ4v) is 7.01. The van der Waals surface area contributed by atoms with Gasteiger partial charge in [0.1, 0.15) is 12.6 Å². The molecule has 1 N–H and O–H groups in total. The highest BCUT2D eigenvalue weighted by Crippen LogP contribution is 2.35. The van der Waals surface area contributed by atoms with Crippen LogP contribution in [0.15, 0.2) is 77.7 Å². The molecule has 3 aromatic carbocycles. The Hall–Kier alpha value is -2.78. The number of rotatable bonds is 10. The topological polar surface area (TPSA) is 86.8 Å². The number of amides is 2. The Labute approximate surface area is 256 Å². The second-order valence-electron chi connectivity index (χ2n) is 10.1. The SMILES string of the molecule is CC(C(=O)NC1CCCCC1)N(Cc1cccc(Cl)c1)C(=O)CN(c1cccc(Cl)c1Cl)S(=O)(=O)c1ccccc1. The second kappa shape index (κ2) is 13.9. The van der Waals surface area contributed by atoms with Crippen LogP contribution in [0, 0.1) is 0 Å². The van der Waals surface area contributed by atoms with Crippen LogP contribution in [0.2, 0.25) is 15.1 Å². The highest BCUT2D eigenvalue weighted by molar-refractivity contribution is 7.92. The number of hydrogen-bond donors (Lipinski definition) is 1. The van der Waals surface area contributed by atoms with Gasteiger partial charge in [0, 0.05) is 17.6 Å². The van der Waals surface area contributed by atoms with Crippen molar-refractivity contribution in [2.75, 3.05) is 10.8 Å². The monoisotopic (exact) mass is 635 g/mol. The van der Waals surface area contributed by atoms with E-state index in [0.717, 1.165) is 36.4 Å². The smallest absolute Gasteiger partial charge is 0.264 e. The minimum absolute atomic E-state index is 0.00838. The van der Waals surface area contributed by atoms with Crippen molar-refractivity contribution in [2.24, 2.45) is 0 Å². The maximum atomic E-state index is 14.1. The molecule has 1 saturated carbocycles. The molecule has 4 rings (SSSR count). The van der Waals surface area contributed by atoms with Gasteiger partial charge in [-0.05, 0) is 61.7 Å². The molecule has 218 valence electrons. The molecule has 0 aliphatic heterocycles. The van der Waals surface area contributed by atoms with Crippen molar-refractivity contribution in [3.05, 3.63) is 93.4 Å². The van der Waals surface area contributed by atoms with Crippen molar-refractivity contribution in [3.63, 3.8) is 0 Å². The normalized spacial score (nSPS) is 14.7. The van der Waals surface area contributed by atoms with Crippen LogP contribution in [0.5, 0.6) is 0 Å². The Bertz CT molecular complexity index is 1480. The molecule has 0 aromatic heterocycles. The van der Waals surface area contributed by atoms with Crippen LogP contribution < -0.4 is 9.62 Å². The Morgan fingerprint density at radius 2 is 1.61 bits per heavy atom.